The number of aryl methyl sites for hydroxylation is 1. The summed E-state index contributed by atoms with van der Waals surface area (Å²) in [6.45, 7) is 6.01. The minimum absolute atomic E-state index is 0.0202. The van der Waals surface area contributed by atoms with Gasteiger partial charge in [0, 0.05) is 22.8 Å². The Balaban J connectivity index is 1.44. The van der Waals surface area contributed by atoms with E-state index in [9.17, 15) is 13.2 Å². The molecule has 0 heterocycles. The van der Waals surface area contributed by atoms with Gasteiger partial charge < -0.3 is 9.47 Å². The van der Waals surface area contributed by atoms with Crippen molar-refractivity contribution >= 4 is 0 Å². The lowest BCUT2D eigenvalue weighted by Gasteiger charge is -2.11. The molecule has 0 bridgehead atoms. The van der Waals surface area contributed by atoms with Gasteiger partial charge >= 0.3 is 0 Å². The zero-order chi connectivity index (χ0) is 24.8. The second-order valence-electron chi connectivity index (χ2n) is 8.15. The Morgan fingerprint density at radius 3 is 1.86 bits per heavy atom. The predicted molar refractivity (Wildman–Crippen MR) is 133 cm³/mol. The molecule has 0 amide bonds. The van der Waals surface area contributed by atoms with E-state index in [0.29, 0.717) is 41.2 Å². The van der Waals surface area contributed by atoms with E-state index in [2.05, 4.69) is 6.58 Å². The van der Waals surface area contributed by atoms with Gasteiger partial charge in [0.25, 0.3) is 0 Å². The molecule has 0 saturated heterocycles. The van der Waals surface area contributed by atoms with Crippen molar-refractivity contribution in [3.05, 3.63) is 120 Å². The van der Waals surface area contributed by atoms with Crippen LogP contribution >= 0.6 is 0 Å². The second-order valence-corrected chi connectivity index (χ2v) is 8.15. The lowest BCUT2D eigenvalue weighted by molar-refractivity contribution is 0.297. The molecule has 0 N–H and O–H groups in total. The van der Waals surface area contributed by atoms with Gasteiger partial charge in [-0.05, 0) is 48.7 Å². The molecule has 0 aliphatic carbocycles. The number of hydrogen-bond acceptors (Lipinski definition) is 2. The molecule has 5 heteroatoms. The standard InChI is InChI=1S/C30H25F3O2/c1-3-4-17-34-25-14-11-23(28(31)18-25)19-35-24-12-9-22(10-13-24)27-16-15-26(29(32)30(27)33)21-7-5-20(2)6-8-21/h3,5-16,18H,1,4,17,19H2,2H3. The van der Waals surface area contributed by atoms with Crippen LogP contribution in [0.2, 0.25) is 0 Å². The molecule has 0 aliphatic rings. The van der Waals surface area contributed by atoms with Crippen LogP contribution in [0.5, 0.6) is 11.5 Å². The van der Waals surface area contributed by atoms with Gasteiger partial charge in [-0.3, -0.25) is 0 Å². The number of ether oxygens (including phenoxy) is 2. The summed E-state index contributed by atoms with van der Waals surface area (Å²) in [4.78, 5) is 0. The average Bonchev–Trinajstić information content (AvgIpc) is 2.86. The third-order valence-electron chi connectivity index (χ3n) is 5.62. The van der Waals surface area contributed by atoms with Gasteiger partial charge in [-0.1, -0.05) is 60.2 Å². The molecular formula is C30H25F3O2. The van der Waals surface area contributed by atoms with Crippen LogP contribution < -0.4 is 9.47 Å². The summed E-state index contributed by atoms with van der Waals surface area (Å²) in [6.07, 6.45) is 2.41. The van der Waals surface area contributed by atoms with E-state index in [1.165, 1.54) is 6.07 Å². The van der Waals surface area contributed by atoms with Crippen LogP contribution in [-0.2, 0) is 6.61 Å². The van der Waals surface area contributed by atoms with Crippen molar-refractivity contribution < 1.29 is 22.6 Å². The van der Waals surface area contributed by atoms with Crippen LogP contribution in [0.1, 0.15) is 17.5 Å². The average molecular weight is 475 g/mol. The third-order valence-corrected chi connectivity index (χ3v) is 5.62. The molecule has 0 saturated carbocycles. The van der Waals surface area contributed by atoms with Gasteiger partial charge in [0.05, 0.1) is 6.61 Å². The molecule has 0 aliphatic heterocycles. The fourth-order valence-electron chi connectivity index (χ4n) is 3.62. The van der Waals surface area contributed by atoms with Gasteiger partial charge in [0.2, 0.25) is 0 Å². The van der Waals surface area contributed by atoms with Crippen molar-refractivity contribution in [2.45, 2.75) is 20.0 Å². The maximum Gasteiger partial charge on any atom is 0.167 e. The molecule has 0 unspecified atom stereocenters. The zero-order valence-electron chi connectivity index (χ0n) is 19.4. The Hall–Kier alpha value is -3.99. The second kappa shape index (κ2) is 11.0. The lowest BCUT2D eigenvalue weighted by Crippen LogP contribution is -2.01. The monoisotopic (exact) mass is 474 g/mol. The first kappa shape index (κ1) is 24.1. The third kappa shape index (κ3) is 5.75. The summed E-state index contributed by atoms with van der Waals surface area (Å²) < 4.78 is 55.2. The highest BCUT2D eigenvalue weighted by Crippen LogP contribution is 2.32. The van der Waals surface area contributed by atoms with E-state index >= 15 is 0 Å². The molecular weight excluding hydrogens is 449 g/mol. The molecule has 4 rings (SSSR count). The van der Waals surface area contributed by atoms with Crippen LogP contribution in [0, 0.1) is 24.4 Å². The zero-order valence-corrected chi connectivity index (χ0v) is 19.4. The highest BCUT2D eigenvalue weighted by molar-refractivity contribution is 5.72. The van der Waals surface area contributed by atoms with E-state index in [-0.39, 0.29) is 17.7 Å². The van der Waals surface area contributed by atoms with Crippen LogP contribution in [0.25, 0.3) is 22.3 Å². The van der Waals surface area contributed by atoms with Crippen molar-refractivity contribution in [2.24, 2.45) is 0 Å². The van der Waals surface area contributed by atoms with Crippen LogP contribution in [0.3, 0.4) is 0 Å². The first-order chi connectivity index (χ1) is 17.0. The quantitative estimate of drug-likeness (QED) is 0.179. The Kier molecular flexibility index (Phi) is 7.56. The van der Waals surface area contributed by atoms with Crippen molar-refractivity contribution in [1.82, 2.24) is 0 Å². The minimum atomic E-state index is -0.908. The molecule has 0 fully saturated rings. The van der Waals surface area contributed by atoms with E-state index in [1.54, 1.807) is 66.7 Å². The van der Waals surface area contributed by atoms with Crippen molar-refractivity contribution in [3.63, 3.8) is 0 Å². The van der Waals surface area contributed by atoms with Crippen molar-refractivity contribution in [2.75, 3.05) is 6.61 Å². The first-order valence-electron chi connectivity index (χ1n) is 11.3. The minimum Gasteiger partial charge on any atom is -0.493 e. The SMILES string of the molecule is C=CCCOc1ccc(COc2ccc(-c3ccc(-c4ccc(C)cc4)c(F)c3F)cc2)c(F)c1. The predicted octanol–water partition coefficient (Wildman–Crippen LogP) is 8.28. The summed E-state index contributed by atoms with van der Waals surface area (Å²) in [5.41, 5.74) is 2.92. The van der Waals surface area contributed by atoms with E-state index in [4.69, 9.17) is 9.47 Å². The Morgan fingerprint density at radius 1 is 0.714 bits per heavy atom. The summed E-state index contributed by atoms with van der Waals surface area (Å²) in [6, 6.07) is 21.6. The molecule has 4 aromatic carbocycles. The number of benzene rings is 4. The van der Waals surface area contributed by atoms with Crippen LogP contribution in [0.4, 0.5) is 13.2 Å². The molecule has 35 heavy (non-hydrogen) atoms. The fraction of sp³-hybridized carbons (Fsp3) is 0.133. The van der Waals surface area contributed by atoms with Gasteiger partial charge in [0.1, 0.15) is 23.9 Å². The van der Waals surface area contributed by atoms with Gasteiger partial charge in [0.15, 0.2) is 11.6 Å². The van der Waals surface area contributed by atoms with E-state index < -0.39 is 17.5 Å². The van der Waals surface area contributed by atoms with Crippen molar-refractivity contribution in [1.29, 1.82) is 0 Å². The lowest BCUT2D eigenvalue weighted by atomic mass is 9.98. The van der Waals surface area contributed by atoms with Gasteiger partial charge in [-0.15, -0.1) is 6.58 Å². The van der Waals surface area contributed by atoms with Gasteiger partial charge in [-0.25, -0.2) is 13.2 Å². The smallest absolute Gasteiger partial charge is 0.167 e. The molecule has 0 spiro atoms. The number of hydrogen-bond donors (Lipinski definition) is 0. The summed E-state index contributed by atoms with van der Waals surface area (Å²) in [7, 11) is 0. The fourth-order valence-corrected chi connectivity index (χ4v) is 3.62. The van der Waals surface area contributed by atoms with Crippen molar-refractivity contribution in [3.8, 4) is 33.8 Å². The summed E-state index contributed by atoms with van der Waals surface area (Å²) in [5.74, 6) is -1.30. The number of rotatable bonds is 9. The van der Waals surface area contributed by atoms with Gasteiger partial charge in [-0.2, -0.15) is 0 Å². The Bertz CT molecular complexity index is 1310. The molecule has 4 aromatic rings. The molecule has 0 radical (unpaired) electrons. The highest BCUT2D eigenvalue weighted by atomic mass is 19.2. The molecule has 0 atom stereocenters. The number of halogens is 3. The Morgan fingerprint density at radius 2 is 1.29 bits per heavy atom. The normalized spacial score (nSPS) is 10.7. The van der Waals surface area contributed by atoms with Crippen LogP contribution in [0.15, 0.2) is 91.5 Å². The summed E-state index contributed by atoms with van der Waals surface area (Å²) in [5, 5.41) is 0. The highest BCUT2D eigenvalue weighted by Gasteiger charge is 2.16. The van der Waals surface area contributed by atoms with E-state index in [0.717, 1.165) is 5.56 Å². The topological polar surface area (TPSA) is 18.5 Å². The maximum atomic E-state index is 14.9. The molecule has 0 aromatic heterocycles. The van der Waals surface area contributed by atoms with E-state index in [1.807, 2.05) is 19.1 Å². The largest absolute Gasteiger partial charge is 0.493 e. The van der Waals surface area contributed by atoms with Crippen LogP contribution in [-0.4, -0.2) is 6.61 Å². The molecule has 178 valence electrons. The first-order valence-corrected chi connectivity index (χ1v) is 11.3. The summed E-state index contributed by atoms with van der Waals surface area (Å²) >= 11 is 0. The molecule has 2 nitrogen and oxygen atoms in total. The Labute approximate surface area is 203 Å². The maximum absolute atomic E-state index is 14.9.